The second-order valence-corrected chi connectivity index (χ2v) is 4.05. The van der Waals surface area contributed by atoms with Crippen molar-refractivity contribution >= 4 is 17.0 Å². The summed E-state index contributed by atoms with van der Waals surface area (Å²) in [5, 5.41) is 18.8. The molecule has 0 radical (unpaired) electrons. The van der Waals surface area contributed by atoms with Gasteiger partial charge in [0.1, 0.15) is 24.2 Å². The van der Waals surface area contributed by atoms with Crippen LogP contribution in [0.1, 0.15) is 14.0 Å². The Hall–Kier alpha value is -1.77. The van der Waals surface area contributed by atoms with Crippen LogP contribution in [0.25, 0.3) is 11.2 Å². The zero-order valence-electron chi connectivity index (χ0n) is 10.4. The molecule has 0 amide bonds. The summed E-state index contributed by atoms with van der Waals surface area (Å²) in [5.74, 6) is 0.213. The summed E-state index contributed by atoms with van der Waals surface area (Å²) in [6.07, 6.45) is -0.632. The summed E-state index contributed by atoms with van der Waals surface area (Å²) >= 11 is 0. The van der Waals surface area contributed by atoms with Crippen molar-refractivity contribution in [2.45, 2.75) is 24.8 Å². The van der Waals surface area contributed by atoms with Crippen LogP contribution in [0.4, 0.5) is 5.82 Å². The van der Waals surface area contributed by atoms with E-state index in [-0.39, 0.29) is 18.8 Å². The van der Waals surface area contributed by atoms with Crippen LogP contribution in [0.15, 0.2) is 12.7 Å². The maximum Gasteiger partial charge on any atom is 0.167 e. The lowest BCUT2D eigenvalue weighted by Gasteiger charge is -2.13. The molecule has 0 bridgehead atoms. The average Bonchev–Trinajstić information content (AvgIpc) is 2.92. The van der Waals surface area contributed by atoms with Gasteiger partial charge in [0.25, 0.3) is 0 Å². The number of anilines is 1. The molecule has 18 heavy (non-hydrogen) atoms. The molecular formula is C10H13N5O3. The summed E-state index contributed by atoms with van der Waals surface area (Å²) in [5.41, 5.74) is 6.40. The zero-order chi connectivity index (χ0) is 13.6. The Balaban J connectivity index is 2.08. The van der Waals surface area contributed by atoms with Crippen LogP contribution in [0.2, 0.25) is 0 Å². The van der Waals surface area contributed by atoms with Gasteiger partial charge in [-0.05, 0) is 0 Å². The van der Waals surface area contributed by atoms with Crippen LogP contribution in [-0.4, -0.2) is 48.5 Å². The van der Waals surface area contributed by atoms with Gasteiger partial charge in [-0.3, -0.25) is 4.57 Å². The Morgan fingerprint density at radius 1 is 1.56 bits per heavy atom. The molecule has 0 saturated carbocycles. The first-order chi connectivity index (χ1) is 9.05. The van der Waals surface area contributed by atoms with E-state index in [4.69, 9.17) is 16.9 Å². The van der Waals surface area contributed by atoms with Crippen LogP contribution in [0.5, 0.6) is 0 Å². The molecule has 1 fully saturated rings. The third kappa shape index (κ3) is 1.62. The van der Waals surface area contributed by atoms with E-state index in [0.717, 1.165) is 0 Å². The molecule has 3 atom stereocenters. The summed E-state index contributed by atoms with van der Waals surface area (Å²) in [4.78, 5) is 11.9. The average molecular weight is 252 g/mol. The number of imidazole rings is 1. The first kappa shape index (κ1) is 10.2. The molecule has 0 aromatic carbocycles. The molecule has 1 aliphatic rings. The lowest BCUT2D eigenvalue weighted by molar-refractivity contribution is -0.0432. The number of aliphatic hydroxyl groups is 2. The van der Waals surface area contributed by atoms with E-state index in [1.807, 2.05) is 0 Å². The fourth-order valence-electron chi connectivity index (χ4n) is 1.96. The molecule has 0 spiro atoms. The monoisotopic (exact) mass is 252 g/mol. The number of nitrogens with zero attached hydrogens (tertiary/aromatic N) is 4. The maximum atomic E-state index is 9.75. The van der Waals surface area contributed by atoms with Gasteiger partial charge < -0.3 is 20.7 Å². The fourth-order valence-corrected chi connectivity index (χ4v) is 1.96. The largest absolute Gasteiger partial charge is 0.394 e. The number of hydrogen-bond donors (Lipinski definition) is 3. The number of ether oxygens (including phenoxy) is 1. The second-order valence-electron chi connectivity index (χ2n) is 4.05. The standard InChI is InChI=1S/C10H13N5O3/c11-9-8-10(13-3-12-9)15(4-14-8)7-1-5(17)6(2-16)18-7/h3-7,16-17H,1-2H2,(H2,11,12,13)/t5-,6+,7+/m0/s1/i7D. The first-order valence-corrected chi connectivity index (χ1v) is 5.46. The van der Waals surface area contributed by atoms with E-state index in [2.05, 4.69) is 15.0 Å². The number of aliphatic hydroxyl groups excluding tert-OH is 2. The lowest BCUT2D eigenvalue weighted by atomic mass is 10.2. The molecule has 0 unspecified atom stereocenters. The van der Waals surface area contributed by atoms with E-state index < -0.39 is 18.4 Å². The number of aromatic nitrogens is 4. The van der Waals surface area contributed by atoms with Crippen molar-refractivity contribution in [1.82, 2.24) is 19.5 Å². The molecule has 1 saturated heterocycles. The highest BCUT2D eigenvalue weighted by Crippen LogP contribution is 2.30. The summed E-state index contributed by atoms with van der Waals surface area (Å²) in [6, 6.07) is 0. The minimum absolute atomic E-state index is 0.00753. The smallest absolute Gasteiger partial charge is 0.167 e. The fraction of sp³-hybridized carbons (Fsp3) is 0.500. The molecular weight excluding hydrogens is 238 g/mol. The van der Waals surface area contributed by atoms with Crippen LogP contribution in [-0.2, 0) is 4.74 Å². The van der Waals surface area contributed by atoms with Gasteiger partial charge in [-0.1, -0.05) is 0 Å². The number of nitrogens with two attached hydrogens (primary N) is 1. The molecule has 3 rings (SSSR count). The predicted molar refractivity (Wildman–Crippen MR) is 61.4 cm³/mol. The van der Waals surface area contributed by atoms with E-state index in [1.54, 1.807) is 0 Å². The Bertz CT molecular complexity index is 620. The molecule has 1 aliphatic heterocycles. The second kappa shape index (κ2) is 4.16. The van der Waals surface area contributed by atoms with Crippen molar-refractivity contribution in [1.29, 1.82) is 0 Å². The number of hydrogen-bond acceptors (Lipinski definition) is 7. The molecule has 3 heterocycles. The number of fused-ring (bicyclic) bond motifs is 1. The Kier molecular flexibility index (Phi) is 2.35. The van der Waals surface area contributed by atoms with Gasteiger partial charge in [-0.25, -0.2) is 15.0 Å². The van der Waals surface area contributed by atoms with Crippen molar-refractivity contribution in [2.24, 2.45) is 0 Å². The summed E-state index contributed by atoms with van der Waals surface area (Å²) < 4.78 is 15.0. The SMILES string of the molecule is [2H][C@]1(n2cnc3c(N)ncnc32)C[C@H](O)[C@@H](CO)O1. The highest BCUT2D eigenvalue weighted by molar-refractivity contribution is 5.81. The zero-order valence-corrected chi connectivity index (χ0v) is 9.39. The Morgan fingerprint density at radius 2 is 2.39 bits per heavy atom. The van der Waals surface area contributed by atoms with Crippen molar-refractivity contribution in [3.05, 3.63) is 12.7 Å². The third-order valence-corrected chi connectivity index (χ3v) is 2.91. The number of rotatable bonds is 2. The van der Waals surface area contributed by atoms with Crippen molar-refractivity contribution in [3.8, 4) is 0 Å². The molecule has 8 heteroatoms. The van der Waals surface area contributed by atoms with Gasteiger partial charge in [0.2, 0.25) is 0 Å². The van der Waals surface area contributed by atoms with E-state index >= 15 is 0 Å². The number of nitrogen functional groups attached to an aromatic ring is 1. The minimum Gasteiger partial charge on any atom is -0.394 e. The van der Waals surface area contributed by atoms with Gasteiger partial charge in [-0.15, -0.1) is 0 Å². The molecule has 96 valence electrons. The summed E-state index contributed by atoms with van der Waals surface area (Å²) in [6.45, 7) is -0.356. The summed E-state index contributed by atoms with van der Waals surface area (Å²) in [7, 11) is 0. The highest BCUT2D eigenvalue weighted by Gasteiger charge is 2.35. The van der Waals surface area contributed by atoms with E-state index in [1.165, 1.54) is 17.2 Å². The van der Waals surface area contributed by atoms with Gasteiger partial charge in [0.05, 0.1) is 20.4 Å². The van der Waals surface area contributed by atoms with Crippen LogP contribution >= 0.6 is 0 Å². The molecule has 2 aromatic rings. The van der Waals surface area contributed by atoms with E-state index in [9.17, 15) is 5.11 Å². The predicted octanol–water partition coefficient (Wildman–Crippen LogP) is -0.951. The lowest BCUT2D eigenvalue weighted by Crippen LogP contribution is -2.24. The molecule has 4 N–H and O–H groups in total. The Morgan fingerprint density at radius 3 is 3.11 bits per heavy atom. The maximum absolute atomic E-state index is 9.75. The van der Waals surface area contributed by atoms with Gasteiger partial charge >= 0.3 is 0 Å². The normalized spacial score (nSPS) is 32.9. The van der Waals surface area contributed by atoms with Gasteiger partial charge in [-0.2, -0.15) is 0 Å². The van der Waals surface area contributed by atoms with Crippen molar-refractivity contribution in [2.75, 3.05) is 12.3 Å². The van der Waals surface area contributed by atoms with Crippen molar-refractivity contribution < 1.29 is 16.3 Å². The topological polar surface area (TPSA) is 119 Å². The quantitative estimate of drug-likeness (QED) is 0.630. The first-order valence-electron chi connectivity index (χ1n) is 5.96. The molecule has 2 aromatic heterocycles. The van der Waals surface area contributed by atoms with Crippen LogP contribution < -0.4 is 5.73 Å². The molecule has 8 nitrogen and oxygen atoms in total. The Labute approximate surface area is 103 Å². The van der Waals surface area contributed by atoms with Crippen molar-refractivity contribution in [3.63, 3.8) is 0 Å². The minimum atomic E-state index is -1.57. The van der Waals surface area contributed by atoms with E-state index in [0.29, 0.717) is 11.2 Å². The third-order valence-electron chi connectivity index (χ3n) is 2.91. The van der Waals surface area contributed by atoms with Crippen LogP contribution in [0.3, 0.4) is 0 Å². The highest BCUT2D eigenvalue weighted by atomic mass is 16.5. The van der Waals surface area contributed by atoms with Crippen LogP contribution in [0, 0.1) is 0 Å². The molecule has 0 aliphatic carbocycles. The van der Waals surface area contributed by atoms with Gasteiger partial charge in [0.15, 0.2) is 11.5 Å². The van der Waals surface area contributed by atoms with Gasteiger partial charge in [0, 0.05) is 6.42 Å².